The first-order valence-corrected chi connectivity index (χ1v) is 12.1. The molecule has 3 aliphatic heterocycles. The third kappa shape index (κ3) is 5.50. The molecule has 1 aromatic carbocycles. The van der Waals surface area contributed by atoms with Crippen molar-refractivity contribution < 1.29 is 27.5 Å². The highest BCUT2D eigenvalue weighted by molar-refractivity contribution is 5.91. The topological polar surface area (TPSA) is 81.8 Å². The molecular formula is C25H28F3N5O3. The number of aromatic amines is 1. The van der Waals surface area contributed by atoms with Gasteiger partial charge in [-0.1, -0.05) is 12.1 Å². The molecule has 5 rings (SSSR count). The van der Waals surface area contributed by atoms with Crippen molar-refractivity contribution in [2.24, 2.45) is 11.8 Å². The van der Waals surface area contributed by atoms with Crippen LogP contribution in [0.4, 0.5) is 18.0 Å². The van der Waals surface area contributed by atoms with Gasteiger partial charge in [0.2, 0.25) is 5.91 Å². The van der Waals surface area contributed by atoms with Crippen molar-refractivity contribution in [1.29, 1.82) is 0 Å². The summed E-state index contributed by atoms with van der Waals surface area (Å²) < 4.78 is 40.7. The molecule has 0 spiro atoms. The van der Waals surface area contributed by atoms with Gasteiger partial charge in [-0.25, -0.2) is 4.79 Å². The smallest absolute Gasteiger partial charge is 0.406 e. The van der Waals surface area contributed by atoms with Crippen molar-refractivity contribution in [3.63, 3.8) is 0 Å². The Balaban J connectivity index is 1.11. The van der Waals surface area contributed by atoms with Crippen LogP contribution in [0.1, 0.15) is 29.7 Å². The van der Waals surface area contributed by atoms with Gasteiger partial charge in [0.1, 0.15) is 5.75 Å². The lowest BCUT2D eigenvalue weighted by Gasteiger charge is -2.31. The highest BCUT2D eigenvalue weighted by Crippen LogP contribution is 2.33. The number of ether oxygens (including phenoxy) is 1. The van der Waals surface area contributed by atoms with Crippen LogP contribution in [0.5, 0.6) is 5.75 Å². The molecule has 8 nitrogen and oxygen atoms in total. The number of rotatable bonds is 3. The number of likely N-dealkylation sites (tertiary alicyclic amines) is 2. The molecule has 1 aromatic heterocycles. The molecule has 0 bridgehead atoms. The Morgan fingerprint density at radius 1 is 1.00 bits per heavy atom. The molecule has 3 aliphatic rings. The predicted octanol–water partition coefficient (Wildman–Crippen LogP) is 3.67. The van der Waals surface area contributed by atoms with Gasteiger partial charge in [0, 0.05) is 56.5 Å². The molecule has 1 N–H and O–H groups in total. The Kier molecular flexibility index (Phi) is 6.63. The normalized spacial score (nSPS) is 22.4. The lowest BCUT2D eigenvalue weighted by Crippen LogP contribution is -2.44. The third-order valence-corrected chi connectivity index (χ3v) is 7.30. The average molecular weight is 504 g/mol. The molecule has 3 amide bonds. The van der Waals surface area contributed by atoms with E-state index in [2.05, 4.69) is 14.9 Å². The van der Waals surface area contributed by atoms with Crippen molar-refractivity contribution in [2.75, 3.05) is 32.7 Å². The van der Waals surface area contributed by atoms with Crippen molar-refractivity contribution in [3.05, 3.63) is 53.4 Å². The predicted molar refractivity (Wildman–Crippen MR) is 125 cm³/mol. The fourth-order valence-corrected chi connectivity index (χ4v) is 5.36. The molecule has 36 heavy (non-hydrogen) atoms. The van der Waals surface area contributed by atoms with E-state index in [-0.39, 0.29) is 17.7 Å². The van der Waals surface area contributed by atoms with Gasteiger partial charge in [0.15, 0.2) is 0 Å². The Morgan fingerprint density at radius 2 is 1.69 bits per heavy atom. The van der Waals surface area contributed by atoms with Gasteiger partial charge >= 0.3 is 12.4 Å². The molecule has 0 unspecified atom stereocenters. The molecule has 2 atom stereocenters. The summed E-state index contributed by atoms with van der Waals surface area (Å²) >= 11 is 0. The zero-order chi connectivity index (χ0) is 25.3. The first-order valence-electron chi connectivity index (χ1n) is 12.1. The number of hydrogen-bond acceptors (Lipinski definition) is 4. The van der Waals surface area contributed by atoms with Crippen LogP contribution >= 0.6 is 0 Å². The second-order valence-corrected chi connectivity index (χ2v) is 9.61. The maximum Gasteiger partial charge on any atom is 0.573 e. The van der Waals surface area contributed by atoms with Crippen LogP contribution in [0.3, 0.4) is 0 Å². The van der Waals surface area contributed by atoms with Gasteiger partial charge in [0.05, 0.1) is 12.7 Å². The van der Waals surface area contributed by atoms with Gasteiger partial charge < -0.3 is 19.4 Å². The summed E-state index contributed by atoms with van der Waals surface area (Å²) in [6.45, 7) is 3.93. The molecule has 11 heteroatoms. The minimum absolute atomic E-state index is 0.0810. The number of nitrogens with zero attached hydrogens (tertiary/aromatic N) is 4. The molecular weight excluding hydrogens is 475 g/mol. The SMILES string of the molecule is O=C(C=Cc1ccc(OC(F)(F)F)cc1)N1CC[C@@H]2CN(C(=O)N3CCc4[nH]ncc4C3)C[C@@H]2CC1. The van der Waals surface area contributed by atoms with Gasteiger partial charge in [0.25, 0.3) is 0 Å². The second kappa shape index (κ2) is 9.87. The third-order valence-electron chi connectivity index (χ3n) is 7.30. The fraction of sp³-hybridized carbons (Fsp3) is 0.480. The summed E-state index contributed by atoms with van der Waals surface area (Å²) in [4.78, 5) is 31.5. The minimum atomic E-state index is -4.74. The minimum Gasteiger partial charge on any atom is -0.406 e. The molecule has 0 aliphatic carbocycles. The van der Waals surface area contributed by atoms with Crippen LogP contribution in [-0.2, 0) is 17.8 Å². The number of fused-ring (bicyclic) bond motifs is 2. The number of aromatic nitrogens is 2. The van der Waals surface area contributed by atoms with Gasteiger partial charge in [-0.2, -0.15) is 5.10 Å². The van der Waals surface area contributed by atoms with E-state index in [9.17, 15) is 22.8 Å². The number of alkyl halides is 3. The van der Waals surface area contributed by atoms with Crippen LogP contribution in [0.15, 0.2) is 36.5 Å². The Hall–Kier alpha value is -3.50. The van der Waals surface area contributed by atoms with E-state index in [1.165, 1.54) is 30.3 Å². The molecule has 0 radical (unpaired) electrons. The molecule has 2 saturated heterocycles. The van der Waals surface area contributed by atoms with Crippen molar-refractivity contribution in [1.82, 2.24) is 24.9 Å². The number of carbonyl (C=O) groups excluding carboxylic acids is 2. The second-order valence-electron chi connectivity index (χ2n) is 9.61. The number of amides is 3. The average Bonchev–Trinajstić information content (AvgIpc) is 3.44. The number of halogens is 3. The zero-order valence-electron chi connectivity index (χ0n) is 19.7. The molecule has 2 fully saturated rings. The maximum atomic E-state index is 13.1. The monoisotopic (exact) mass is 503 g/mol. The lowest BCUT2D eigenvalue weighted by molar-refractivity contribution is -0.274. The maximum absolute atomic E-state index is 13.1. The number of H-pyrrole nitrogens is 1. The lowest BCUT2D eigenvalue weighted by atomic mass is 9.92. The van der Waals surface area contributed by atoms with Gasteiger partial charge in [-0.15, -0.1) is 13.2 Å². The number of hydrogen-bond donors (Lipinski definition) is 1. The van der Waals surface area contributed by atoms with Crippen molar-refractivity contribution in [3.8, 4) is 5.75 Å². The Morgan fingerprint density at radius 3 is 2.36 bits per heavy atom. The standard InChI is InChI=1S/C25H28F3N5O3/c26-25(27,28)36-21-4-1-17(2-5-21)3-6-23(34)31-10-7-18-14-33(15-19(18)8-11-31)24(35)32-12-9-22-20(16-32)13-29-30-22/h1-6,13,18-19H,7-12,14-16H2,(H,29,30)/t18-,19+. The van der Waals surface area contributed by atoms with E-state index >= 15 is 0 Å². The quantitative estimate of drug-likeness (QED) is 0.649. The number of benzene rings is 1. The first-order chi connectivity index (χ1) is 17.2. The summed E-state index contributed by atoms with van der Waals surface area (Å²) in [5, 5.41) is 7.07. The summed E-state index contributed by atoms with van der Waals surface area (Å²) in [5.41, 5.74) is 2.80. The van der Waals surface area contributed by atoms with E-state index in [0.29, 0.717) is 56.7 Å². The largest absolute Gasteiger partial charge is 0.573 e. The summed E-state index contributed by atoms with van der Waals surface area (Å²) in [6.07, 6.45) is 2.57. The van der Waals surface area contributed by atoms with Gasteiger partial charge in [-0.05, 0) is 48.4 Å². The van der Waals surface area contributed by atoms with E-state index < -0.39 is 6.36 Å². The zero-order valence-corrected chi connectivity index (χ0v) is 19.7. The summed E-state index contributed by atoms with van der Waals surface area (Å²) in [6, 6.07) is 5.46. The highest BCUT2D eigenvalue weighted by Gasteiger charge is 2.39. The van der Waals surface area contributed by atoms with Crippen LogP contribution in [0.25, 0.3) is 6.08 Å². The van der Waals surface area contributed by atoms with Gasteiger partial charge in [-0.3, -0.25) is 9.89 Å². The van der Waals surface area contributed by atoms with Crippen molar-refractivity contribution >= 4 is 18.0 Å². The van der Waals surface area contributed by atoms with E-state index in [4.69, 9.17) is 0 Å². The number of urea groups is 1. The fourth-order valence-electron chi connectivity index (χ4n) is 5.36. The van der Waals surface area contributed by atoms with Crippen LogP contribution < -0.4 is 4.74 Å². The molecule has 192 valence electrons. The molecule has 0 saturated carbocycles. The van der Waals surface area contributed by atoms with Crippen LogP contribution in [0, 0.1) is 11.8 Å². The van der Waals surface area contributed by atoms with Crippen LogP contribution in [0.2, 0.25) is 0 Å². The summed E-state index contributed by atoms with van der Waals surface area (Å²) in [7, 11) is 0. The number of carbonyl (C=O) groups is 2. The van der Waals surface area contributed by atoms with Crippen molar-refractivity contribution in [2.45, 2.75) is 32.2 Å². The summed E-state index contributed by atoms with van der Waals surface area (Å²) in [5.74, 6) is 0.309. The Labute approximate surface area is 206 Å². The molecule has 4 heterocycles. The number of nitrogens with one attached hydrogen (secondary N) is 1. The van der Waals surface area contributed by atoms with E-state index in [1.807, 2.05) is 14.7 Å². The Bertz CT molecular complexity index is 1110. The highest BCUT2D eigenvalue weighted by atomic mass is 19.4. The van der Waals surface area contributed by atoms with E-state index in [1.54, 1.807) is 12.3 Å². The first kappa shape index (κ1) is 24.2. The molecule has 2 aromatic rings. The van der Waals surface area contributed by atoms with Crippen LogP contribution in [-0.4, -0.2) is 75.9 Å². The van der Waals surface area contributed by atoms with E-state index in [0.717, 1.165) is 30.5 Å².